The first kappa shape index (κ1) is 27.3. The molecule has 3 atom stereocenters. The van der Waals surface area contributed by atoms with E-state index < -0.39 is 6.03 Å². The predicted octanol–water partition coefficient (Wildman–Crippen LogP) is 2.67. The van der Waals surface area contributed by atoms with Crippen molar-refractivity contribution in [1.29, 1.82) is 5.26 Å². The van der Waals surface area contributed by atoms with Crippen molar-refractivity contribution in [2.45, 2.75) is 56.9 Å². The van der Waals surface area contributed by atoms with Gasteiger partial charge >= 0.3 is 6.03 Å². The number of aromatic nitrogens is 2. The lowest BCUT2D eigenvalue weighted by Crippen LogP contribution is -2.44. The number of aryl methyl sites for hydroxylation is 1. The van der Waals surface area contributed by atoms with Gasteiger partial charge in [-0.3, -0.25) is 15.0 Å². The van der Waals surface area contributed by atoms with Crippen LogP contribution in [0.2, 0.25) is 0 Å². The van der Waals surface area contributed by atoms with Gasteiger partial charge in [-0.15, -0.1) is 0 Å². The Balaban J connectivity index is 1.35. The van der Waals surface area contributed by atoms with Crippen molar-refractivity contribution in [1.82, 2.24) is 14.9 Å². The second kappa shape index (κ2) is 11.8. The smallest absolute Gasteiger partial charge is 0.328 e. The van der Waals surface area contributed by atoms with Gasteiger partial charge in [0.15, 0.2) is 6.29 Å². The van der Waals surface area contributed by atoms with E-state index in [1.54, 1.807) is 20.3 Å². The van der Waals surface area contributed by atoms with Crippen LogP contribution in [-0.2, 0) is 27.2 Å². The van der Waals surface area contributed by atoms with E-state index in [1.165, 1.54) is 11.1 Å². The van der Waals surface area contributed by atoms with Gasteiger partial charge in [-0.05, 0) is 43.7 Å². The van der Waals surface area contributed by atoms with Crippen molar-refractivity contribution in [2.24, 2.45) is 0 Å². The van der Waals surface area contributed by atoms with Crippen LogP contribution in [0.4, 0.5) is 22.1 Å². The van der Waals surface area contributed by atoms with Crippen molar-refractivity contribution in [3.8, 4) is 6.07 Å². The summed E-state index contributed by atoms with van der Waals surface area (Å²) in [5.74, 6) is 2.68. The average Bonchev–Trinajstić information content (AvgIpc) is 3.36. The van der Waals surface area contributed by atoms with Crippen molar-refractivity contribution in [3.05, 3.63) is 46.4 Å². The molecule has 0 spiro atoms. The summed E-state index contributed by atoms with van der Waals surface area (Å²) in [5, 5.41) is 15.7. The van der Waals surface area contributed by atoms with Crippen LogP contribution in [0.15, 0.2) is 24.0 Å². The summed E-state index contributed by atoms with van der Waals surface area (Å²) in [6.07, 6.45) is 5.78. The highest BCUT2D eigenvalue weighted by molar-refractivity contribution is 6.01. The SMILES string of the molecule is CO[C@H]1CC[C@H]1Nc1cc(NC(=O)N2CCCc3cc(CN4CC[C@@H](OC)C4=C=O)c(C=O)nc32)ncc1C#N. The minimum Gasteiger partial charge on any atom is -0.379 e. The summed E-state index contributed by atoms with van der Waals surface area (Å²) in [7, 11) is 3.21. The first-order chi connectivity index (χ1) is 19.5. The molecule has 2 amide bonds. The number of hydrogen-bond acceptors (Lipinski definition) is 10. The van der Waals surface area contributed by atoms with Gasteiger partial charge in [0.05, 0.1) is 23.4 Å². The van der Waals surface area contributed by atoms with Crippen LogP contribution in [0, 0.1) is 11.3 Å². The molecule has 40 heavy (non-hydrogen) atoms. The number of likely N-dealkylation sites (tertiary alicyclic amines) is 1. The number of amides is 2. The quantitative estimate of drug-likeness (QED) is 0.374. The zero-order chi connectivity index (χ0) is 28.2. The molecule has 0 unspecified atom stereocenters. The summed E-state index contributed by atoms with van der Waals surface area (Å²) in [5.41, 5.74) is 3.10. The van der Waals surface area contributed by atoms with E-state index in [1.807, 2.05) is 16.9 Å². The van der Waals surface area contributed by atoms with Crippen LogP contribution in [-0.4, -0.2) is 78.7 Å². The molecule has 208 valence electrons. The fraction of sp³-hybridized carbons (Fsp3) is 0.464. The molecule has 1 aliphatic carbocycles. The fourth-order valence-corrected chi connectivity index (χ4v) is 5.47. The highest BCUT2D eigenvalue weighted by Gasteiger charge is 2.33. The molecular formula is C28H31N7O5. The van der Waals surface area contributed by atoms with E-state index in [9.17, 15) is 19.6 Å². The summed E-state index contributed by atoms with van der Waals surface area (Å²) < 4.78 is 10.8. The molecule has 5 rings (SSSR count). The number of pyridine rings is 2. The molecule has 1 saturated heterocycles. The number of urea groups is 1. The number of fused-ring (bicyclic) bond motifs is 1. The topological polar surface area (TPSA) is 150 Å². The minimum atomic E-state index is -0.437. The lowest BCUT2D eigenvalue weighted by molar-refractivity contribution is 0.0286. The Bertz CT molecular complexity index is 1400. The Morgan fingerprint density at radius 1 is 1.23 bits per heavy atom. The molecule has 2 N–H and O–H groups in total. The number of nitriles is 1. The Morgan fingerprint density at radius 3 is 2.75 bits per heavy atom. The van der Waals surface area contributed by atoms with Crippen molar-refractivity contribution in [2.75, 3.05) is 42.8 Å². The summed E-state index contributed by atoms with van der Waals surface area (Å²) in [6.45, 7) is 1.34. The van der Waals surface area contributed by atoms with Crippen molar-refractivity contribution < 1.29 is 23.9 Å². The summed E-state index contributed by atoms with van der Waals surface area (Å²) >= 11 is 0. The molecule has 1 saturated carbocycles. The monoisotopic (exact) mass is 545 g/mol. The highest BCUT2D eigenvalue weighted by Crippen LogP contribution is 2.32. The van der Waals surface area contributed by atoms with Crippen LogP contribution >= 0.6 is 0 Å². The van der Waals surface area contributed by atoms with Gasteiger partial charge in [0.1, 0.15) is 41.1 Å². The third-order valence-corrected chi connectivity index (χ3v) is 7.80. The maximum Gasteiger partial charge on any atom is 0.328 e. The van der Waals surface area contributed by atoms with E-state index >= 15 is 0 Å². The van der Waals surface area contributed by atoms with Crippen molar-refractivity contribution >= 4 is 35.6 Å². The number of ether oxygens (including phenoxy) is 2. The van der Waals surface area contributed by atoms with E-state index in [-0.39, 0.29) is 29.8 Å². The van der Waals surface area contributed by atoms with E-state index in [4.69, 9.17) is 9.47 Å². The lowest BCUT2D eigenvalue weighted by Gasteiger charge is -2.36. The molecule has 0 bridgehead atoms. The second-order valence-electron chi connectivity index (χ2n) is 10.1. The van der Waals surface area contributed by atoms with Gasteiger partial charge in [-0.2, -0.15) is 5.26 Å². The Morgan fingerprint density at radius 2 is 2.08 bits per heavy atom. The maximum absolute atomic E-state index is 13.4. The Hall–Kier alpha value is -4.30. The number of rotatable bonds is 8. The van der Waals surface area contributed by atoms with Gasteiger partial charge in [-0.1, -0.05) is 0 Å². The number of nitrogens with one attached hydrogen (secondary N) is 2. The second-order valence-corrected chi connectivity index (χ2v) is 10.1. The molecule has 12 heteroatoms. The van der Waals surface area contributed by atoms with Gasteiger partial charge in [-0.25, -0.2) is 19.6 Å². The molecule has 4 heterocycles. The normalized spacial score (nSPS) is 21.6. The fourth-order valence-electron chi connectivity index (χ4n) is 5.47. The standard InChI is InChI=1S/C28H31N7O5/c1-39-24-6-5-20(24)31-21-11-26(30-13-19(21)12-29)33-28(38)35-8-3-4-17-10-18(22(15-36)32-27(17)35)14-34-9-7-25(40-2)23(34)16-37/h10-11,13,15,20,24-25H,3-9,14H2,1-2H3,(H2,30,31,33,38)/t20-,24+,25-/m1/s1. The lowest BCUT2D eigenvalue weighted by atomic mass is 9.88. The van der Waals surface area contributed by atoms with E-state index in [0.717, 1.165) is 18.4 Å². The van der Waals surface area contributed by atoms with Gasteiger partial charge in [0.25, 0.3) is 0 Å². The number of nitrogens with zero attached hydrogens (tertiary/aromatic N) is 5. The molecule has 0 aromatic carbocycles. The predicted molar refractivity (Wildman–Crippen MR) is 146 cm³/mol. The maximum atomic E-state index is 13.4. The zero-order valence-corrected chi connectivity index (χ0v) is 22.5. The molecule has 12 nitrogen and oxygen atoms in total. The van der Waals surface area contributed by atoms with Gasteiger partial charge in [0.2, 0.25) is 0 Å². The number of hydrogen-bond donors (Lipinski definition) is 2. The first-order valence-electron chi connectivity index (χ1n) is 13.3. The number of carbonyl (C=O) groups is 2. The molecule has 2 aliphatic heterocycles. The average molecular weight is 546 g/mol. The summed E-state index contributed by atoms with van der Waals surface area (Å²) in [6, 6.07) is 5.30. The molecule has 0 radical (unpaired) electrons. The molecule has 2 fully saturated rings. The van der Waals surface area contributed by atoms with Gasteiger partial charge < -0.3 is 19.7 Å². The zero-order valence-electron chi connectivity index (χ0n) is 22.5. The van der Waals surface area contributed by atoms with Crippen LogP contribution < -0.4 is 15.5 Å². The highest BCUT2D eigenvalue weighted by atomic mass is 16.5. The van der Waals surface area contributed by atoms with Crippen LogP contribution in [0.25, 0.3) is 0 Å². The number of methoxy groups -OCH3 is 2. The Labute approximate surface area is 232 Å². The molecule has 2 aromatic rings. The third-order valence-electron chi connectivity index (χ3n) is 7.80. The van der Waals surface area contributed by atoms with E-state index in [0.29, 0.717) is 73.5 Å². The first-order valence-corrected chi connectivity index (χ1v) is 13.3. The molecular weight excluding hydrogens is 514 g/mol. The van der Waals surface area contributed by atoms with Crippen molar-refractivity contribution in [3.63, 3.8) is 0 Å². The number of aldehydes is 1. The number of carbonyl (C=O) groups excluding carboxylic acids is 3. The number of anilines is 3. The van der Waals surface area contributed by atoms with Crippen LogP contribution in [0.5, 0.6) is 0 Å². The molecule has 3 aliphatic rings. The Kier molecular flexibility index (Phi) is 8.07. The summed E-state index contributed by atoms with van der Waals surface area (Å²) in [4.78, 5) is 49.1. The van der Waals surface area contributed by atoms with Crippen LogP contribution in [0.3, 0.4) is 0 Å². The largest absolute Gasteiger partial charge is 0.379 e. The van der Waals surface area contributed by atoms with E-state index in [2.05, 4.69) is 26.7 Å². The minimum absolute atomic E-state index is 0.0681. The third kappa shape index (κ3) is 5.27. The van der Waals surface area contributed by atoms with Gasteiger partial charge in [0, 0.05) is 51.7 Å². The molecule has 2 aromatic heterocycles. The van der Waals surface area contributed by atoms with Crippen LogP contribution in [0.1, 0.15) is 52.9 Å².